The van der Waals surface area contributed by atoms with Crippen molar-refractivity contribution >= 4 is 6.29 Å². The number of carbonyl (C=O) groups is 1. The van der Waals surface area contributed by atoms with Crippen molar-refractivity contribution in [3.63, 3.8) is 0 Å². The fourth-order valence-electron chi connectivity index (χ4n) is 1.18. The van der Waals surface area contributed by atoms with E-state index in [0.717, 1.165) is 0 Å². The van der Waals surface area contributed by atoms with Crippen LogP contribution in [0.1, 0.15) is 21.5 Å². The molecule has 0 radical (unpaired) electrons. The monoisotopic (exact) mass is 220 g/mol. The Kier molecular flexibility index (Phi) is 3.43. The van der Waals surface area contributed by atoms with Gasteiger partial charge in [0.25, 0.3) is 0 Å². The average Bonchev–Trinajstić information content (AvgIpc) is 2.19. The predicted octanol–water partition coefficient (Wildman–Crippen LogP) is 0.901. The summed E-state index contributed by atoms with van der Waals surface area (Å²) in [5.74, 6) is -4.26. The number of halogens is 3. The molecule has 6 heteroatoms. The van der Waals surface area contributed by atoms with Gasteiger partial charge in [0.2, 0.25) is 0 Å². The van der Waals surface area contributed by atoms with Crippen molar-refractivity contribution in [3.05, 3.63) is 34.1 Å². The summed E-state index contributed by atoms with van der Waals surface area (Å²) >= 11 is 0. The zero-order valence-corrected chi connectivity index (χ0v) is 7.43. The molecule has 0 saturated carbocycles. The summed E-state index contributed by atoms with van der Waals surface area (Å²) in [6.45, 7) is -2.04. The fourth-order valence-corrected chi connectivity index (χ4v) is 1.18. The first-order valence-corrected chi connectivity index (χ1v) is 3.93. The van der Waals surface area contributed by atoms with E-state index in [1.807, 2.05) is 0 Å². The molecule has 2 N–H and O–H groups in total. The highest BCUT2D eigenvalue weighted by Crippen LogP contribution is 2.24. The topological polar surface area (TPSA) is 57.5 Å². The largest absolute Gasteiger partial charge is 0.391 e. The number of hydrogen-bond donors (Lipinski definition) is 2. The van der Waals surface area contributed by atoms with Crippen LogP contribution in [0.4, 0.5) is 13.2 Å². The highest BCUT2D eigenvalue weighted by Gasteiger charge is 2.23. The number of aliphatic hydroxyl groups is 2. The Bertz CT molecular complexity index is 373. The van der Waals surface area contributed by atoms with Gasteiger partial charge in [0.1, 0.15) is 17.5 Å². The number of aldehydes is 1. The Morgan fingerprint density at radius 1 is 0.933 bits per heavy atom. The van der Waals surface area contributed by atoms with E-state index in [9.17, 15) is 18.0 Å². The van der Waals surface area contributed by atoms with Crippen LogP contribution >= 0.6 is 0 Å². The molecule has 0 saturated heterocycles. The van der Waals surface area contributed by atoms with E-state index in [4.69, 9.17) is 10.2 Å². The molecule has 0 aromatic heterocycles. The van der Waals surface area contributed by atoms with Crippen molar-refractivity contribution in [1.82, 2.24) is 0 Å². The van der Waals surface area contributed by atoms with E-state index < -0.39 is 47.4 Å². The third-order valence-corrected chi connectivity index (χ3v) is 1.97. The maximum Gasteiger partial charge on any atom is 0.155 e. The van der Waals surface area contributed by atoms with Crippen LogP contribution in [0.15, 0.2) is 0 Å². The Morgan fingerprint density at radius 2 is 1.33 bits per heavy atom. The summed E-state index contributed by atoms with van der Waals surface area (Å²) in [6.07, 6.45) is -0.136. The summed E-state index contributed by atoms with van der Waals surface area (Å²) in [5.41, 5.74) is -2.66. The van der Waals surface area contributed by atoms with E-state index in [-0.39, 0.29) is 6.29 Å². The first kappa shape index (κ1) is 11.7. The lowest BCUT2D eigenvalue weighted by molar-refractivity contribution is 0.111. The quantitative estimate of drug-likeness (QED) is 0.744. The third kappa shape index (κ3) is 1.73. The first-order chi connectivity index (χ1) is 7.08. The molecule has 0 amide bonds. The fraction of sp³-hybridized carbons (Fsp3) is 0.222. The van der Waals surface area contributed by atoms with Gasteiger partial charge in [-0.3, -0.25) is 4.79 Å². The van der Waals surface area contributed by atoms with Crippen molar-refractivity contribution in [3.8, 4) is 0 Å². The normalized spacial score (nSPS) is 10.5. The standard InChI is InChI=1S/C9H7F3O3/c10-7-4(1-13)8(11)6(3-15)9(12)5(7)2-14/h1,14-15H,2-3H2. The lowest BCUT2D eigenvalue weighted by Crippen LogP contribution is -2.09. The summed E-state index contributed by atoms with van der Waals surface area (Å²) in [4.78, 5) is 10.3. The molecular formula is C9H7F3O3. The molecule has 1 aromatic rings. The van der Waals surface area contributed by atoms with Gasteiger partial charge < -0.3 is 10.2 Å². The highest BCUT2D eigenvalue weighted by molar-refractivity contribution is 5.76. The van der Waals surface area contributed by atoms with Crippen molar-refractivity contribution in [2.45, 2.75) is 13.2 Å². The molecule has 0 spiro atoms. The number of aliphatic hydroxyl groups excluding tert-OH is 2. The van der Waals surface area contributed by atoms with Gasteiger partial charge in [-0.25, -0.2) is 13.2 Å². The molecule has 0 unspecified atom stereocenters. The van der Waals surface area contributed by atoms with E-state index >= 15 is 0 Å². The Morgan fingerprint density at radius 3 is 1.60 bits per heavy atom. The Labute approximate surface area is 82.8 Å². The predicted molar refractivity (Wildman–Crippen MR) is 43.5 cm³/mol. The molecule has 82 valence electrons. The van der Waals surface area contributed by atoms with E-state index in [2.05, 4.69) is 0 Å². The molecular weight excluding hydrogens is 213 g/mol. The first-order valence-electron chi connectivity index (χ1n) is 3.93. The number of hydrogen-bond acceptors (Lipinski definition) is 3. The van der Waals surface area contributed by atoms with Gasteiger partial charge in [0.15, 0.2) is 6.29 Å². The number of carbonyl (C=O) groups excluding carboxylic acids is 1. The van der Waals surface area contributed by atoms with Gasteiger partial charge in [-0.2, -0.15) is 0 Å². The van der Waals surface area contributed by atoms with E-state index in [0.29, 0.717) is 0 Å². The molecule has 0 fully saturated rings. The molecule has 1 aromatic carbocycles. The molecule has 0 atom stereocenters. The van der Waals surface area contributed by atoms with Crippen molar-refractivity contribution in [1.29, 1.82) is 0 Å². The van der Waals surface area contributed by atoms with Crippen LogP contribution in [0.3, 0.4) is 0 Å². The minimum Gasteiger partial charge on any atom is -0.391 e. The lowest BCUT2D eigenvalue weighted by atomic mass is 10.0. The molecule has 1 rings (SSSR count). The maximum atomic E-state index is 13.2. The molecule has 0 heterocycles. The van der Waals surface area contributed by atoms with Gasteiger partial charge in [-0.15, -0.1) is 0 Å². The average molecular weight is 220 g/mol. The van der Waals surface area contributed by atoms with Crippen LogP contribution in [-0.4, -0.2) is 16.5 Å². The van der Waals surface area contributed by atoms with Crippen LogP contribution in [0, 0.1) is 17.5 Å². The summed E-state index contributed by atoms with van der Waals surface area (Å²) in [6, 6.07) is 0. The van der Waals surface area contributed by atoms with Crippen LogP contribution in [0.25, 0.3) is 0 Å². The van der Waals surface area contributed by atoms with Gasteiger partial charge in [0.05, 0.1) is 29.9 Å². The van der Waals surface area contributed by atoms with Crippen molar-refractivity contribution in [2.75, 3.05) is 0 Å². The Balaban J connectivity index is 3.64. The maximum absolute atomic E-state index is 13.2. The second-order valence-corrected chi connectivity index (χ2v) is 2.75. The number of rotatable bonds is 3. The molecule has 15 heavy (non-hydrogen) atoms. The summed E-state index contributed by atoms with van der Waals surface area (Å²) in [5, 5.41) is 17.3. The second kappa shape index (κ2) is 4.41. The third-order valence-electron chi connectivity index (χ3n) is 1.97. The summed E-state index contributed by atoms with van der Waals surface area (Å²) in [7, 11) is 0. The summed E-state index contributed by atoms with van der Waals surface area (Å²) < 4.78 is 39.5. The molecule has 0 bridgehead atoms. The SMILES string of the molecule is O=Cc1c(F)c(CO)c(F)c(CO)c1F. The lowest BCUT2D eigenvalue weighted by Gasteiger charge is -2.09. The van der Waals surface area contributed by atoms with Gasteiger partial charge >= 0.3 is 0 Å². The van der Waals surface area contributed by atoms with Crippen LogP contribution in [0.2, 0.25) is 0 Å². The molecule has 0 aliphatic heterocycles. The highest BCUT2D eigenvalue weighted by atomic mass is 19.1. The molecule has 3 nitrogen and oxygen atoms in total. The Hall–Kier alpha value is -1.40. The molecule has 0 aliphatic rings. The van der Waals surface area contributed by atoms with Gasteiger partial charge in [-0.05, 0) is 0 Å². The molecule has 0 aliphatic carbocycles. The van der Waals surface area contributed by atoms with Crippen molar-refractivity contribution < 1.29 is 28.2 Å². The smallest absolute Gasteiger partial charge is 0.155 e. The van der Waals surface area contributed by atoms with E-state index in [1.165, 1.54) is 0 Å². The van der Waals surface area contributed by atoms with Gasteiger partial charge in [-0.1, -0.05) is 0 Å². The van der Waals surface area contributed by atoms with Crippen LogP contribution in [0.5, 0.6) is 0 Å². The minimum atomic E-state index is -1.44. The van der Waals surface area contributed by atoms with Gasteiger partial charge in [0, 0.05) is 0 Å². The van der Waals surface area contributed by atoms with Crippen molar-refractivity contribution in [2.24, 2.45) is 0 Å². The van der Waals surface area contributed by atoms with E-state index in [1.54, 1.807) is 0 Å². The van der Waals surface area contributed by atoms with Crippen LogP contribution in [-0.2, 0) is 13.2 Å². The zero-order chi connectivity index (χ0) is 11.6. The second-order valence-electron chi connectivity index (χ2n) is 2.75. The minimum absolute atomic E-state index is 0.136. The van der Waals surface area contributed by atoms with Crippen LogP contribution < -0.4 is 0 Å². The zero-order valence-electron chi connectivity index (χ0n) is 7.43. The number of benzene rings is 1.